The molecule has 0 aromatic rings. The van der Waals surface area contributed by atoms with Gasteiger partial charge in [-0.1, -0.05) is 248 Å². The van der Waals surface area contributed by atoms with Crippen molar-refractivity contribution in [3.8, 4) is 0 Å². The first-order valence-corrected chi connectivity index (χ1v) is 31.9. The van der Waals surface area contributed by atoms with Gasteiger partial charge in [0.1, 0.15) is 18.8 Å². The zero-order valence-electron chi connectivity index (χ0n) is 50.1. The van der Waals surface area contributed by atoms with E-state index in [9.17, 15) is 34.5 Å². The Morgan fingerprint density at radius 1 is 0.430 bits per heavy atom. The summed E-state index contributed by atoms with van der Waals surface area (Å²) in [6.07, 6.45) is 57.3. The SMILES string of the molecule is CC/C=C\C/C=C\C/C=C\CCCCCCCCCC(=O)OCC(COC1OC(C(=O)O)C(O)C(O)C1OC(=O)CCCCCCCCCCCCCCCCCCCCC)OC(=O)CCCCC/C=C\C/C=C\C/C=C\CC. The maximum Gasteiger partial charge on any atom is 0.335 e. The van der Waals surface area contributed by atoms with Crippen molar-refractivity contribution in [2.24, 2.45) is 0 Å². The van der Waals surface area contributed by atoms with Gasteiger partial charge in [0.25, 0.3) is 0 Å². The number of esters is 3. The van der Waals surface area contributed by atoms with Crippen LogP contribution in [-0.4, -0.2) is 89.2 Å². The minimum Gasteiger partial charge on any atom is -0.479 e. The van der Waals surface area contributed by atoms with Gasteiger partial charge in [-0.05, 0) is 83.5 Å². The molecule has 12 nitrogen and oxygen atoms in total. The second-order valence-corrected chi connectivity index (χ2v) is 21.6. The summed E-state index contributed by atoms with van der Waals surface area (Å²) in [5.74, 6) is -3.16. The van der Waals surface area contributed by atoms with Gasteiger partial charge in [-0.2, -0.15) is 0 Å². The molecule has 3 N–H and O–H groups in total. The molecule has 1 saturated heterocycles. The first-order chi connectivity index (χ1) is 38.6. The highest BCUT2D eigenvalue weighted by Crippen LogP contribution is 2.27. The van der Waals surface area contributed by atoms with Crippen molar-refractivity contribution in [1.82, 2.24) is 0 Å². The average molecular weight is 1110 g/mol. The molecule has 0 amide bonds. The Kier molecular flexibility index (Phi) is 50.7. The van der Waals surface area contributed by atoms with Gasteiger partial charge in [0.2, 0.25) is 0 Å². The maximum atomic E-state index is 13.1. The fraction of sp³-hybridized carbons (Fsp3) is 0.761. The van der Waals surface area contributed by atoms with Crippen molar-refractivity contribution in [1.29, 1.82) is 0 Å². The number of rotatable bonds is 54. The number of allylic oxidation sites excluding steroid dienone is 12. The Morgan fingerprint density at radius 2 is 0.797 bits per heavy atom. The second-order valence-electron chi connectivity index (χ2n) is 21.6. The van der Waals surface area contributed by atoms with Crippen molar-refractivity contribution < 1.29 is 58.2 Å². The summed E-state index contributed by atoms with van der Waals surface area (Å²) >= 11 is 0. The molecule has 1 aliphatic rings. The Labute approximate surface area is 480 Å². The third-order valence-corrected chi connectivity index (χ3v) is 14.3. The van der Waals surface area contributed by atoms with E-state index in [-0.39, 0.29) is 25.9 Å². The molecule has 1 fully saturated rings. The molecule has 12 heteroatoms. The maximum absolute atomic E-state index is 13.1. The summed E-state index contributed by atoms with van der Waals surface area (Å²) in [5, 5.41) is 31.6. The number of aliphatic hydroxyl groups excluding tert-OH is 2. The summed E-state index contributed by atoms with van der Waals surface area (Å²) in [6.45, 7) is 5.77. The molecule has 0 aliphatic carbocycles. The normalized spacial score (nSPS) is 18.3. The Bertz CT molecular complexity index is 1650. The van der Waals surface area contributed by atoms with Gasteiger partial charge in [-0.25, -0.2) is 4.79 Å². The van der Waals surface area contributed by atoms with Crippen LogP contribution in [0.5, 0.6) is 0 Å². The van der Waals surface area contributed by atoms with Crippen LogP contribution in [0.25, 0.3) is 0 Å². The van der Waals surface area contributed by atoms with Crippen molar-refractivity contribution in [2.75, 3.05) is 13.2 Å². The van der Waals surface area contributed by atoms with Crippen molar-refractivity contribution >= 4 is 23.9 Å². The summed E-state index contributed by atoms with van der Waals surface area (Å²) in [4.78, 5) is 51.2. The highest BCUT2D eigenvalue weighted by atomic mass is 16.7. The molecule has 79 heavy (non-hydrogen) atoms. The van der Waals surface area contributed by atoms with E-state index >= 15 is 0 Å². The van der Waals surface area contributed by atoms with Gasteiger partial charge in [-0.3, -0.25) is 14.4 Å². The Balaban J connectivity index is 2.65. The van der Waals surface area contributed by atoms with Crippen molar-refractivity contribution in [3.63, 3.8) is 0 Å². The molecular weight excluding hydrogens is 997 g/mol. The molecule has 6 atom stereocenters. The highest BCUT2D eigenvalue weighted by Gasteiger charge is 2.50. The van der Waals surface area contributed by atoms with Crippen LogP contribution in [0.4, 0.5) is 0 Å². The van der Waals surface area contributed by atoms with E-state index in [1.165, 1.54) is 96.3 Å². The minimum absolute atomic E-state index is 0.0580. The van der Waals surface area contributed by atoms with E-state index < -0.39 is 67.3 Å². The van der Waals surface area contributed by atoms with Gasteiger partial charge < -0.3 is 39.0 Å². The number of unbranched alkanes of at least 4 members (excludes halogenated alkanes) is 28. The highest BCUT2D eigenvalue weighted by molar-refractivity contribution is 5.74. The van der Waals surface area contributed by atoms with Crippen LogP contribution in [0.1, 0.15) is 278 Å². The predicted octanol–water partition coefficient (Wildman–Crippen LogP) is 16.9. The molecule has 0 aromatic heterocycles. The topological polar surface area (TPSA) is 175 Å². The molecule has 6 unspecified atom stereocenters. The summed E-state index contributed by atoms with van der Waals surface area (Å²) in [6, 6.07) is 0. The monoisotopic (exact) mass is 1110 g/mol. The van der Waals surface area contributed by atoms with Crippen LogP contribution in [0.2, 0.25) is 0 Å². The molecule has 0 aromatic carbocycles. The summed E-state index contributed by atoms with van der Waals surface area (Å²) < 4.78 is 28.5. The molecule has 1 heterocycles. The van der Waals surface area contributed by atoms with E-state index in [1.54, 1.807) is 0 Å². The third-order valence-electron chi connectivity index (χ3n) is 14.3. The molecular formula is C67H114O12. The minimum atomic E-state index is -1.91. The number of carboxylic acid groups (broad SMARTS) is 1. The number of hydrogen-bond donors (Lipinski definition) is 3. The molecule has 1 aliphatic heterocycles. The summed E-state index contributed by atoms with van der Waals surface area (Å²) in [7, 11) is 0. The quantitative estimate of drug-likeness (QED) is 0.0228. The molecule has 0 saturated carbocycles. The molecule has 1 rings (SSSR count). The number of carboxylic acids is 1. The fourth-order valence-corrected chi connectivity index (χ4v) is 9.46. The van der Waals surface area contributed by atoms with Crippen LogP contribution >= 0.6 is 0 Å². The van der Waals surface area contributed by atoms with Crippen molar-refractivity contribution in [3.05, 3.63) is 72.9 Å². The number of aliphatic hydroxyl groups is 2. The van der Waals surface area contributed by atoms with Gasteiger partial charge in [-0.15, -0.1) is 0 Å². The van der Waals surface area contributed by atoms with Gasteiger partial charge in [0, 0.05) is 19.3 Å². The first-order valence-electron chi connectivity index (χ1n) is 31.9. The lowest BCUT2D eigenvalue weighted by Gasteiger charge is -2.40. The van der Waals surface area contributed by atoms with Crippen LogP contribution in [0.15, 0.2) is 72.9 Å². The zero-order chi connectivity index (χ0) is 57.5. The standard InChI is InChI=1S/C67H114O12/c1-4-7-10-13-16-19-22-25-27-29-30-32-34-37-40-43-46-49-52-55-61(70)78-65-63(72)62(71)64(66(73)74)79-67(65)76-57-58(77-60(69)54-51-48-45-42-39-35-24-21-18-15-12-9-6-3)56-75-59(68)53-50-47-44-41-38-36-33-31-28-26-23-20-17-14-11-8-5-2/h8-9,11-12,17-18,20-21,26,28,35,39,58,62-65,67,71-72H,4-7,10,13-16,19,22-25,27,29-34,36-38,40-57H2,1-3H3,(H,73,74)/b11-8-,12-9-,20-17-,21-18-,28-26-,39-35-. The zero-order valence-corrected chi connectivity index (χ0v) is 50.1. The number of ether oxygens (including phenoxy) is 5. The van der Waals surface area contributed by atoms with Gasteiger partial charge in [0.15, 0.2) is 24.6 Å². The van der Waals surface area contributed by atoms with Crippen LogP contribution < -0.4 is 0 Å². The summed E-state index contributed by atoms with van der Waals surface area (Å²) in [5.41, 5.74) is 0. The third kappa shape index (κ3) is 44.5. The molecule has 454 valence electrons. The predicted molar refractivity (Wildman–Crippen MR) is 322 cm³/mol. The smallest absolute Gasteiger partial charge is 0.335 e. The van der Waals surface area contributed by atoms with Crippen molar-refractivity contribution in [2.45, 2.75) is 314 Å². The number of carbonyl (C=O) groups is 4. The van der Waals surface area contributed by atoms with E-state index in [1.807, 2.05) is 0 Å². The lowest BCUT2D eigenvalue weighted by atomic mass is 9.98. The van der Waals surface area contributed by atoms with E-state index in [0.29, 0.717) is 19.3 Å². The van der Waals surface area contributed by atoms with Crippen LogP contribution in [0, 0.1) is 0 Å². The lowest BCUT2D eigenvalue weighted by molar-refractivity contribution is -0.301. The Morgan fingerprint density at radius 3 is 1.23 bits per heavy atom. The van der Waals surface area contributed by atoms with E-state index in [2.05, 4.69) is 93.7 Å². The van der Waals surface area contributed by atoms with E-state index in [4.69, 9.17) is 23.7 Å². The average Bonchev–Trinajstić information content (AvgIpc) is 3.47. The number of aliphatic carboxylic acids is 1. The molecule has 0 radical (unpaired) electrons. The largest absolute Gasteiger partial charge is 0.479 e. The number of hydrogen-bond acceptors (Lipinski definition) is 11. The lowest BCUT2D eigenvalue weighted by Crippen LogP contribution is -2.61. The fourth-order valence-electron chi connectivity index (χ4n) is 9.46. The Hall–Kier alpha value is -3.84. The molecule has 0 spiro atoms. The molecule has 0 bridgehead atoms. The van der Waals surface area contributed by atoms with Gasteiger partial charge >= 0.3 is 23.9 Å². The first kappa shape index (κ1) is 73.2. The van der Waals surface area contributed by atoms with E-state index in [0.717, 1.165) is 122 Å². The van der Waals surface area contributed by atoms with Crippen LogP contribution in [0.3, 0.4) is 0 Å². The van der Waals surface area contributed by atoms with Crippen LogP contribution in [-0.2, 0) is 42.9 Å². The number of carbonyl (C=O) groups excluding carboxylic acids is 3. The second kappa shape index (κ2) is 54.7. The van der Waals surface area contributed by atoms with Gasteiger partial charge in [0.05, 0.1) is 6.61 Å².